The summed E-state index contributed by atoms with van der Waals surface area (Å²) in [5, 5.41) is 4.71. The Balaban J connectivity index is 2.65. The number of nitrogens with one attached hydrogen (secondary N) is 1. The van der Waals surface area contributed by atoms with Crippen LogP contribution in [0.2, 0.25) is 10.0 Å². The maximum absolute atomic E-state index is 6.13. The fourth-order valence-electron chi connectivity index (χ4n) is 1.46. The van der Waals surface area contributed by atoms with Crippen molar-refractivity contribution in [2.24, 2.45) is 0 Å². The third kappa shape index (κ3) is 3.67. The van der Waals surface area contributed by atoms with Gasteiger partial charge in [0.15, 0.2) is 0 Å². The van der Waals surface area contributed by atoms with Gasteiger partial charge in [0, 0.05) is 6.04 Å². The maximum atomic E-state index is 6.13. The molecule has 0 fully saturated rings. The monoisotopic (exact) mass is 245 g/mol. The molecule has 15 heavy (non-hydrogen) atoms. The zero-order chi connectivity index (χ0) is 11.3. The summed E-state index contributed by atoms with van der Waals surface area (Å²) in [6.45, 7) is 5.30. The molecule has 1 aromatic rings. The molecule has 1 nitrogen and oxygen atoms in total. The summed E-state index contributed by atoms with van der Waals surface area (Å²) in [4.78, 5) is 0. The number of benzene rings is 1. The second kappa shape index (κ2) is 6.37. The average molecular weight is 246 g/mol. The van der Waals surface area contributed by atoms with Crippen LogP contribution >= 0.6 is 23.2 Å². The van der Waals surface area contributed by atoms with Crippen molar-refractivity contribution in [3.8, 4) is 0 Å². The first kappa shape index (κ1) is 12.8. The Morgan fingerprint density at radius 3 is 2.73 bits per heavy atom. The molecule has 1 rings (SSSR count). The minimum Gasteiger partial charge on any atom is -0.310 e. The lowest BCUT2D eigenvalue weighted by Gasteiger charge is -2.15. The zero-order valence-electron chi connectivity index (χ0n) is 9.19. The Labute approximate surface area is 102 Å². The molecule has 0 saturated carbocycles. The lowest BCUT2D eigenvalue weighted by molar-refractivity contribution is 0.554. The number of halogens is 2. The molecular formula is C12H17Cl2N. The van der Waals surface area contributed by atoms with Gasteiger partial charge >= 0.3 is 0 Å². The zero-order valence-corrected chi connectivity index (χ0v) is 10.7. The van der Waals surface area contributed by atoms with Crippen molar-refractivity contribution in [2.75, 3.05) is 6.54 Å². The second-order valence-electron chi connectivity index (χ2n) is 3.67. The van der Waals surface area contributed by atoms with Crippen LogP contribution in [0.25, 0.3) is 0 Å². The summed E-state index contributed by atoms with van der Waals surface area (Å²) >= 11 is 12.1. The SMILES string of the molecule is CCCCNC(C)c1cccc(Cl)c1Cl. The molecule has 0 aliphatic carbocycles. The fourth-order valence-corrected chi connectivity index (χ4v) is 1.93. The van der Waals surface area contributed by atoms with E-state index in [9.17, 15) is 0 Å². The topological polar surface area (TPSA) is 12.0 Å². The van der Waals surface area contributed by atoms with E-state index < -0.39 is 0 Å². The molecule has 1 N–H and O–H groups in total. The van der Waals surface area contributed by atoms with Crippen LogP contribution in [-0.2, 0) is 0 Å². The van der Waals surface area contributed by atoms with Crippen LogP contribution in [0, 0.1) is 0 Å². The molecular weight excluding hydrogens is 229 g/mol. The molecule has 0 aliphatic heterocycles. The summed E-state index contributed by atoms with van der Waals surface area (Å²) in [7, 11) is 0. The van der Waals surface area contributed by atoms with Crippen molar-refractivity contribution in [3.63, 3.8) is 0 Å². The second-order valence-corrected chi connectivity index (χ2v) is 4.46. The van der Waals surface area contributed by atoms with Crippen molar-refractivity contribution in [1.29, 1.82) is 0 Å². The van der Waals surface area contributed by atoms with Gasteiger partial charge in [-0.3, -0.25) is 0 Å². The Hall–Kier alpha value is -0.240. The van der Waals surface area contributed by atoms with E-state index in [1.807, 2.05) is 18.2 Å². The first-order chi connectivity index (χ1) is 7.16. The summed E-state index contributed by atoms with van der Waals surface area (Å²) in [5.41, 5.74) is 1.07. The third-order valence-corrected chi connectivity index (χ3v) is 3.26. The molecule has 0 radical (unpaired) electrons. The largest absolute Gasteiger partial charge is 0.310 e. The van der Waals surface area contributed by atoms with Gasteiger partial charge in [-0.15, -0.1) is 0 Å². The minimum atomic E-state index is 0.253. The quantitative estimate of drug-likeness (QED) is 0.757. The third-order valence-electron chi connectivity index (χ3n) is 2.43. The van der Waals surface area contributed by atoms with E-state index in [-0.39, 0.29) is 6.04 Å². The van der Waals surface area contributed by atoms with Gasteiger partial charge in [-0.05, 0) is 31.5 Å². The Kier molecular flexibility index (Phi) is 5.44. The molecule has 1 unspecified atom stereocenters. The molecule has 3 heteroatoms. The van der Waals surface area contributed by atoms with Crippen molar-refractivity contribution in [1.82, 2.24) is 5.32 Å². The smallest absolute Gasteiger partial charge is 0.0639 e. The van der Waals surface area contributed by atoms with Crippen molar-refractivity contribution < 1.29 is 0 Å². The number of hydrogen-bond acceptors (Lipinski definition) is 1. The number of hydrogen-bond donors (Lipinski definition) is 1. The molecule has 0 aliphatic rings. The molecule has 0 aromatic heterocycles. The molecule has 0 saturated heterocycles. The first-order valence-corrected chi connectivity index (χ1v) is 6.09. The van der Waals surface area contributed by atoms with Crippen molar-refractivity contribution >= 4 is 23.2 Å². The molecule has 0 heterocycles. The van der Waals surface area contributed by atoms with Gasteiger partial charge in [0.25, 0.3) is 0 Å². The standard InChI is InChI=1S/C12H17Cl2N/c1-3-4-8-15-9(2)10-6-5-7-11(13)12(10)14/h5-7,9,15H,3-4,8H2,1-2H3. The number of unbranched alkanes of at least 4 members (excludes halogenated alkanes) is 1. The Morgan fingerprint density at radius 1 is 1.33 bits per heavy atom. The highest BCUT2D eigenvalue weighted by Gasteiger charge is 2.10. The summed E-state index contributed by atoms with van der Waals surface area (Å²) in [5.74, 6) is 0. The van der Waals surface area contributed by atoms with Crippen LogP contribution in [0.3, 0.4) is 0 Å². The van der Waals surface area contributed by atoms with E-state index in [0.29, 0.717) is 10.0 Å². The van der Waals surface area contributed by atoms with Gasteiger partial charge in [-0.25, -0.2) is 0 Å². The van der Waals surface area contributed by atoms with Crippen LogP contribution < -0.4 is 5.32 Å². The van der Waals surface area contributed by atoms with Gasteiger partial charge in [0.05, 0.1) is 10.0 Å². The molecule has 84 valence electrons. The molecule has 0 bridgehead atoms. The van der Waals surface area contributed by atoms with Crippen LogP contribution in [0.5, 0.6) is 0 Å². The minimum absolute atomic E-state index is 0.253. The van der Waals surface area contributed by atoms with E-state index in [2.05, 4.69) is 19.2 Å². The van der Waals surface area contributed by atoms with Crippen LogP contribution in [0.1, 0.15) is 38.3 Å². The molecule has 1 aromatic carbocycles. The van der Waals surface area contributed by atoms with E-state index in [1.54, 1.807) is 0 Å². The highest BCUT2D eigenvalue weighted by molar-refractivity contribution is 6.42. The molecule has 0 amide bonds. The van der Waals surface area contributed by atoms with Gasteiger partial charge in [-0.2, -0.15) is 0 Å². The Bertz CT molecular complexity index is 312. The average Bonchev–Trinajstić information content (AvgIpc) is 2.22. The van der Waals surface area contributed by atoms with E-state index in [4.69, 9.17) is 23.2 Å². The van der Waals surface area contributed by atoms with Crippen molar-refractivity contribution in [2.45, 2.75) is 32.7 Å². The van der Waals surface area contributed by atoms with E-state index in [1.165, 1.54) is 12.8 Å². The lowest BCUT2D eigenvalue weighted by Crippen LogP contribution is -2.19. The lowest BCUT2D eigenvalue weighted by atomic mass is 10.1. The summed E-state index contributed by atoms with van der Waals surface area (Å²) in [6, 6.07) is 6.01. The normalized spacial score (nSPS) is 12.8. The van der Waals surface area contributed by atoms with E-state index in [0.717, 1.165) is 12.1 Å². The van der Waals surface area contributed by atoms with Crippen LogP contribution in [0.15, 0.2) is 18.2 Å². The predicted molar refractivity (Wildman–Crippen MR) is 67.8 cm³/mol. The van der Waals surface area contributed by atoms with Gasteiger partial charge < -0.3 is 5.32 Å². The predicted octanol–water partition coefficient (Wildman–Crippen LogP) is 4.44. The number of rotatable bonds is 5. The van der Waals surface area contributed by atoms with Crippen molar-refractivity contribution in [3.05, 3.63) is 33.8 Å². The highest BCUT2D eigenvalue weighted by atomic mass is 35.5. The van der Waals surface area contributed by atoms with Gasteiger partial charge in [0.2, 0.25) is 0 Å². The van der Waals surface area contributed by atoms with E-state index >= 15 is 0 Å². The Morgan fingerprint density at radius 2 is 2.07 bits per heavy atom. The summed E-state index contributed by atoms with van der Waals surface area (Å²) < 4.78 is 0. The van der Waals surface area contributed by atoms with Crippen LogP contribution in [-0.4, -0.2) is 6.54 Å². The maximum Gasteiger partial charge on any atom is 0.0639 e. The fraction of sp³-hybridized carbons (Fsp3) is 0.500. The summed E-state index contributed by atoms with van der Waals surface area (Å²) in [6.07, 6.45) is 2.38. The molecule has 0 spiro atoms. The van der Waals surface area contributed by atoms with Crippen LogP contribution in [0.4, 0.5) is 0 Å². The van der Waals surface area contributed by atoms with Gasteiger partial charge in [0.1, 0.15) is 0 Å². The van der Waals surface area contributed by atoms with Gasteiger partial charge in [-0.1, -0.05) is 48.7 Å². The first-order valence-electron chi connectivity index (χ1n) is 5.34. The highest BCUT2D eigenvalue weighted by Crippen LogP contribution is 2.29. The molecule has 1 atom stereocenters.